The lowest BCUT2D eigenvalue weighted by molar-refractivity contribution is -0.157. The van der Waals surface area contributed by atoms with E-state index in [1.807, 2.05) is 25.1 Å². The summed E-state index contributed by atoms with van der Waals surface area (Å²) in [4.78, 5) is 18.9. The zero-order valence-electron chi connectivity index (χ0n) is 15.8. The van der Waals surface area contributed by atoms with Crippen molar-refractivity contribution in [1.82, 2.24) is 4.98 Å². The van der Waals surface area contributed by atoms with Gasteiger partial charge in [0.1, 0.15) is 5.82 Å². The fourth-order valence-corrected chi connectivity index (χ4v) is 4.34. The largest absolute Gasteiger partial charge is 0.493 e. The minimum atomic E-state index is -0.750. The summed E-state index contributed by atoms with van der Waals surface area (Å²) in [5, 5.41) is 10.9. The van der Waals surface area contributed by atoms with Crippen molar-refractivity contribution in [2.24, 2.45) is 11.3 Å². The second-order valence-electron chi connectivity index (χ2n) is 7.39. The molecule has 0 amide bonds. The fraction of sp³-hybridized carbons (Fsp3) is 0.500. The second kappa shape index (κ2) is 6.56. The number of aryl methyl sites for hydroxylation is 1. The van der Waals surface area contributed by atoms with Crippen molar-refractivity contribution in [3.05, 3.63) is 23.8 Å². The molecule has 1 N–H and O–H groups in total. The van der Waals surface area contributed by atoms with Gasteiger partial charge in [-0.3, -0.25) is 4.79 Å². The minimum Gasteiger partial charge on any atom is -0.493 e. The van der Waals surface area contributed by atoms with Crippen molar-refractivity contribution in [2.75, 3.05) is 45.4 Å². The van der Waals surface area contributed by atoms with Crippen LogP contribution in [0.4, 0.5) is 5.82 Å². The number of nitrogens with zero attached hydrogens (tertiary/aromatic N) is 2. The number of fused-ring (bicyclic) bond motifs is 2. The lowest BCUT2D eigenvalue weighted by atomic mass is 9.74. The Morgan fingerprint density at radius 3 is 2.70 bits per heavy atom. The Hall–Kier alpha value is -2.54. The van der Waals surface area contributed by atoms with Gasteiger partial charge in [-0.15, -0.1) is 0 Å². The maximum absolute atomic E-state index is 12.0. The molecule has 2 saturated heterocycles. The van der Waals surface area contributed by atoms with Gasteiger partial charge in [0.2, 0.25) is 0 Å². The number of hydrogen-bond donors (Lipinski definition) is 1. The Morgan fingerprint density at radius 2 is 2.04 bits per heavy atom. The number of anilines is 1. The van der Waals surface area contributed by atoms with Crippen LogP contribution < -0.4 is 14.4 Å². The third-order valence-corrected chi connectivity index (χ3v) is 5.96. The molecule has 4 rings (SSSR count). The first-order valence-electron chi connectivity index (χ1n) is 9.08. The number of carboxylic acid groups (broad SMARTS) is 1. The van der Waals surface area contributed by atoms with Gasteiger partial charge in [-0.25, -0.2) is 4.98 Å². The third kappa shape index (κ3) is 2.77. The van der Waals surface area contributed by atoms with Crippen molar-refractivity contribution in [3.8, 4) is 11.5 Å². The van der Waals surface area contributed by atoms with Gasteiger partial charge < -0.3 is 24.2 Å². The molecule has 2 fully saturated rings. The van der Waals surface area contributed by atoms with Gasteiger partial charge in [-0.2, -0.15) is 0 Å². The lowest BCUT2D eigenvalue weighted by Gasteiger charge is -2.33. The molecule has 7 nitrogen and oxygen atoms in total. The molecule has 3 heterocycles. The topological polar surface area (TPSA) is 81.1 Å². The van der Waals surface area contributed by atoms with E-state index < -0.39 is 11.4 Å². The molecular formula is C20H24N2O5. The number of aromatic nitrogens is 1. The minimum absolute atomic E-state index is 0.0213. The molecule has 2 aliphatic rings. The lowest BCUT2D eigenvalue weighted by Crippen LogP contribution is -2.44. The van der Waals surface area contributed by atoms with Crippen LogP contribution in [0.3, 0.4) is 0 Å². The zero-order valence-corrected chi connectivity index (χ0v) is 15.8. The molecule has 2 aromatic rings. The molecule has 27 heavy (non-hydrogen) atoms. The highest BCUT2D eigenvalue weighted by atomic mass is 16.5. The van der Waals surface area contributed by atoms with Gasteiger partial charge >= 0.3 is 5.97 Å². The molecule has 0 radical (unpaired) electrons. The van der Waals surface area contributed by atoms with Crippen LogP contribution in [0.2, 0.25) is 0 Å². The number of pyridine rings is 1. The van der Waals surface area contributed by atoms with E-state index in [2.05, 4.69) is 4.90 Å². The quantitative estimate of drug-likeness (QED) is 0.883. The molecule has 0 spiro atoms. The fourth-order valence-electron chi connectivity index (χ4n) is 4.34. The summed E-state index contributed by atoms with van der Waals surface area (Å²) in [7, 11) is 3.21. The van der Waals surface area contributed by atoms with Crippen molar-refractivity contribution >= 4 is 22.7 Å². The van der Waals surface area contributed by atoms with Gasteiger partial charge in [0, 0.05) is 37.1 Å². The van der Waals surface area contributed by atoms with Gasteiger partial charge in [0.15, 0.2) is 11.5 Å². The number of carboxylic acids is 1. The summed E-state index contributed by atoms with van der Waals surface area (Å²) in [5.74, 6) is 1.33. The Bertz CT molecular complexity index is 900. The number of rotatable bonds is 4. The maximum Gasteiger partial charge on any atom is 0.311 e. The van der Waals surface area contributed by atoms with Crippen molar-refractivity contribution in [1.29, 1.82) is 0 Å². The average Bonchev–Trinajstić information content (AvgIpc) is 3.08. The van der Waals surface area contributed by atoms with Crippen LogP contribution in [0.1, 0.15) is 12.0 Å². The maximum atomic E-state index is 12.0. The average molecular weight is 372 g/mol. The first-order chi connectivity index (χ1) is 13.0. The molecule has 0 aliphatic carbocycles. The van der Waals surface area contributed by atoms with Gasteiger partial charge in [0.05, 0.1) is 31.8 Å². The summed E-state index contributed by atoms with van der Waals surface area (Å²) in [6.45, 7) is 4.11. The molecule has 144 valence electrons. The normalized spacial score (nSPS) is 24.7. The van der Waals surface area contributed by atoms with E-state index in [1.165, 1.54) is 0 Å². The Morgan fingerprint density at radius 1 is 1.30 bits per heavy atom. The van der Waals surface area contributed by atoms with Crippen LogP contribution in [0, 0.1) is 18.3 Å². The zero-order chi connectivity index (χ0) is 19.2. The van der Waals surface area contributed by atoms with E-state index in [1.54, 1.807) is 14.2 Å². The van der Waals surface area contributed by atoms with Gasteiger partial charge in [-0.1, -0.05) is 0 Å². The van der Waals surface area contributed by atoms with Gasteiger partial charge in [0.25, 0.3) is 0 Å². The van der Waals surface area contributed by atoms with E-state index >= 15 is 0 Å². The number of ether oxygens (including phenoxy) is 3. The van der Waals surface area contributed by atoms with Crippen molar-refractivity contribution in [3.63, 3.8) is 0 Å². The van der Waals surface area contributed by atoms with Crippen LogP contribution in [0.15, 0.2) is 18.2 Å². The van der Waals surface area contributed by atoms with Gasteiger partial charge in [-0.05, 0) is 31.0 Å². The number of hydrogen-bond acceptors (Lipinski definition) is 6. The first kappa shape index (κ1) is 17.9. The monoisotopic (exact) mass is 372 g/mol. The number of benzene rings is 1. The predicted octanol–water partition coefficient (Wildman–Crippen LogP) is 2.49. The summed E-state index contributed by atoms with van der Waals surface area (Å²) in [6, 6.07) is 5.81. The van der Waals surface area contributed by atoms with Crippen LogP contribution in [-0.4, -0.2) is 56.6 Å². The van der Waals surface area contributed by atoms with E-state index in [9.17, 15) is 9.90 Å². The molecular weight excluding hydrogens is 348 g/mol. The van der Waals surface area contributed by atoms with E-state index in [-0.39, 0.29) is 5.92 Å². The van der Waals surface area contributed by atoms with E-state index in [4.69, 9.17) is 19.2 Å². The standard InChI is InChI=1S/C20H24N2O5/c1-12-6-18(21-15-8-17(26-3)16(25-2)7-14(12)15)22-9-13-10-27-5-4-20(13,11-22)19(23)24/h6-8,13H,4-5,9-11H2,1-3H3,(H,23,24)/t13-,20+/m1/s1. The predicted molar refractivity (Wildman–Crippen MR) is 101 cm³/mol. The van der Waals surface area contributed by atoms with E-state index in [0.29, 0.717) is 44.2 Å². The first-order valence-corrected chi connectivity index (χ1v) is 9.08. The summed E-state index contributed by atoms with van der Waals surface area (Å²) in [5.41, 5.74) is 1.12. The van der Waals surface area contributed by atoms with E-state index in [0.717, 1.165) is 22.3 Å². The molecule has 0 bridgehead atoms. The highest BCUT2D eigenvalue weighted by molar-refractivity contribution is 5.87. The molecule has 0 unspecified atom stereocenters. The SMILES string of the molecule is COc1cc2nc(N3C[C@@H]4COCC[C@]4(C(=O)O)C3)cc(C)c2cc1OC. The molecule has 1 aromatic heterocycles. The molecule has 1 aromatic carbocycles. The highest BCUT2D eigenvalue weighted by Crippen LogP contribution is 2.44. The smallest absolute Gasteiger partial charge is 0.311 e. The summed E-state index contributed by atoms with van der Waals surface area (Å²) in [6.07, 6.45) is 0.543. The molecule has 0 saturated carbocycles. The molecule has 7 heteroatoms. The van der Waals surface area contributed by atoms with Crippen molar-refractivity contribution in [2.45, 2.75) is 13.3 Å². The number of carbonyl (C=O) groups is 1. The summed E-state index contributed by atoms with van der Waals surface area (Å²) < 4.78 is 16.3. The molecule has 2 aliphatic heterocycles. The Balaban J connectivity index is 1.75. The van der Waals surface area contributed by atoms with Crippen molar-refractivity contribution < 1.29 is 24.1 Å². The number of aliphatic carboxylic acids is 1. The number of methoxy groups -OCH3 is 2. The van der Waals surface area contributed by atoms with Crippen LogP contribution in [-0.2, 0) is 9.53 Å². The second-order valence-corrected chi connectivity index (χ2v) is 7.39. The Kier molecular flexibility index (Phi) is 4.34. The van der Waals surface area contributed by atoms with Crippen LogP contribution in [0.25, 0.3) is 10.9 Å². The molecule has 2 atom stereocenters. The highest BCUT2D eigenvalue weighted by Gasteiger charge is 2.54. The van der Waals surface area contributed by atoms with Crippen LogP contribution in [0.5, 0.6) is 11.5 Å². The summed E-state index contributed by atoms with van der Waals surface area (Å²) >= 11 is 0. The third-order valence-electron chi connectivity index (χ3n) is 5.96. The Labute approximate surface area is 157 Å². The van der Waals surface area contributed by atoms with Crippen LogP contribution >= 0.6 is 0 Å².